The summed E-state index contributed by atoms with van der Waals surface area (Å²) in [6.07, 6.45) is -4.58. The average Bonchev–Trinajstić information content (AvgIpc) is 3.25. The van der Waals surface area contributed by atoms with E-state index < -0.39 is 30.1 Å². The molecule has 10 heteroatoms. The number of carbonyl (C=O) groups excluding carboxylic acids is 2. The van der Waals surface area contributed by atoms with Crippen LogP contribution in [0.15, 0.2) is 60.0 Å². The van der Waals surface area contributed by atoms with Crippen molar-refractivity contribution in [2.75, 3.05) is 11.4 Å². The molecule has 6 nitrogen and oxygen atoms in total. The topological polar surface area (TPSA) is 75.2 Å². The van der Waals surface area contributed by atoms with E-state index in [2.05, 4.69) is 14.9 Å². The SMILES string of the molecule is O=C(CN(C(=O)c1csnn1)c1cccc(C(F)(F)F)c1)NCc1ccccc1. The lowest BCUT2D eigenvalue weighted by Gasteiger charge is -2.22. The van der Waals surface area contributed by atoms with Crippen molar-refractivity contribution in [3.05, 3.63) is 76.8 Å². The van der Waals surface area contributed by atoms with Crippen LogP contribution < -0.4 is 10.2 Å². The number of anilines is 1. The molecule has 0 spiro atoms. The number of aromatic nitrogens is 2. The second-order valence-corrected chi connectivity index (χ2v) is 6.60. The fourth-order valence-corrected chi connectivity index (χ4v) is 2.95. The fourth-order valence-electron chi connectivity index (χ4n) is 2.52. The van der Waals surface area contributed by atoms with Crippen LogP contribution in [0.2, 0.25) is 0 Å². The average molecular weight is 420 g/mol. The summed E-state index contributed by atoms with van der Waals surface area (Å²) in [5.41, 5.74) is -0.189. The van der Waals surface area contributed by atoms with Crippen molar-refractivity contribution < 1.29 is 22.8 Å². The first-order valence-electron chi connectivity index (χ1n) is 8.41. The lowest BCUT2D eigenvalue weighted by atomic mass is 10.1. The summed E-state index contributed by atoms with van der Waals surface area (Å²) in [5.74, 6) is -1.24. The van der Waals surface area contributed by atoms with Crippen LogP contribution in [0.5, 0.6) is 0 Å². The van der Waals surface area contributed by atoms with Crippen molar-refractivity contribution >= 4 is 29.0 Å². The molecule has 3 aromatic rings. The maximum absolute atomic E-state index is 13.1. The van der Waals surface area contributed by atoms with Gasteiger partial charge in [-0.3, -0.25) is 14.5 Å². The van der Waals surface area contributed by atoms with Crippen LogP contribution in [0.1, 0.15) is 21.6 Å². The normalized spacial score (nSPS) is 11.1. The van der Waals surface area contributed by atoms with E-state index in [0.29, 0.717) is 0 Å². The zero-order valence-corrected chi connectivity index (χ0v) is 15.7. The van der Waals surface area contributed by atoms with E-state index in [1.54, 1.807) is 0 Å². The Morgan fingerprint density at radius 3 is 2.48 bits per heavy atom. The Bertz CT molecular complexity index is 979. The Morgan fingerprint density at radius 2 is 1.83 bits per heavy atom. The van der Waals surface area contributed by atoms with Crippen molar-refractivity contribution in [3.63, 3.8) is 0 Å². The summed E-state index contributed by atoms with van der Waals surface area (Å²) in [7, 11) is 0. The summed E-state index contributed by atoms with van der Waals surface area (Å²) < 4.78 is 42.8. The van der Waals surface area contributed by atoms with Crippen molar-refractivity contribution in [1.29, 1.82) is 0 Å². The zero-order valence-electron chi connectivity index (χ0n) is 14.9. The van der Waals surface area contributed by atoms with Crippen LogP contribution in [0, 0.1) is 0 Å². The molecule has 2 amide bonds. The van der Waals surface area contributed by atoms with Gasteiger partial charge in [0.1, 0.15) is 6.54 Å². The molecular formula is C19H15F3N4O2S. The number of rotatable bonds is 6. The summed E-state index contributed by atoms with van der Waals surface area (Å²) in [4.78, 5) is 26.1. The molecule has 29 heavy (non-hydrogen) atoms. The van der Waals surface area contributed by atoms with Crippen LogP contribution >= 0.6 is 11.5 Å². The van der Waals surface area contributed by atoms with Gasteiger partial charge in [-0.05, 0) is 35.3 Å². The van der Waals surface area contributed by atoms with Gasteiger partial charge in [-0.1, -0.05) is 40.9 Å². The predicted molar refractivity (Wildman–Crippen MR) is 101 cm³/mol. The smallest absolute Gasteiger partial charge is 0.350 e. The quantitative estimate of drug-likeness (QED) is 0.662. The van der Waals surface area contributed by atoms with E-state index in [9.17, 15) is 22.8 Å². The summed E-state index contributed by atoms with van der Waals surface area (Å²) in [5, 5.41) is 7.68. The molecule has 0 atom stereocenters. The molecule has 2 aromatic carbocycles. The number of halogens is 3. The van der Waals surface area contributed by atoms with Crippen LogP contribution in [0.25, 0.3) is 0 Å². The second-order valence-electron chi connectivity index (χ2n) is 5.99. The van der Waals surface area contributed by atoms with Gasteiger partial charge in [0.2, 0.25) is 5.91 Å². The fraction of sp³-hybridized carbons (Fsp3) is 0.158. The standard InChI is InChI=1S/C19H15F3N4O2S/c20-19(21,22)14-7-4-8-15(9-14)26(18(28)16-12-29-25-24-16)11-17(27)23-10-13-5-2-1-3-6-13/h1-9,12H,10-11H2,(H,23,27). The molecule has 1 heterocycles. The summed E-state index contributed by atoms with van der Waals surface area (Å²) >= 11 is 0.925. The minimum Gasteiger partial charge on any atom is -0.350 e. The molecule has 0 aliphatic carbocycles. The van der Waals surface area contributed by atoms with Gasteiger partial charge in [0, 0.05) is 17.6 Å². The molecule has 1 N–H and O–H groups in total. The van der Waals surface area contributed by atoms with Crippen molar-refractivity contribution in [2.24, 2.45) is 0 Å². The number of alkyl halides is 3. The third kappa shape index (κ3) is 5.38. The monoisotopic (exact) mass is 420 g/mol. The molecule has 0 aliphatic heterocycles. The third-order valence-corrected chi connectivity index (χ3v) is 4.45. The molecule has 0 unspecified atom stereocenters. The molecule has 3 rings (SSSR count). The maximum Gasteiger partial charge on any atom is 0.416 e. The first-order valence-corrected chi connectivity index (χ1v) is 9.25. The van der Waals surface area contributed by atoms with Crippen molar-refractivity contribution in [1.82, 2.24) is 14.9 Å². The molecule has 0 saturated heterocycles. The Morgan fingerprint density at radius 1 is 1.07 bits per heavy atom. The highest BCUT2D eigenvalue weighted by molar-refractivity contribution is 7.03. The van der Waals surface area contributed by atoms with Crippen LogP contribution in [0.4, 0.5) is 18.9 Å². The third-order valence-electron chi connectivity index (χ3n) is 3.94. The largest absolute Gasteiger partial charge is 0.416 e. The molecule has 150 valence electrons. The van der Waals surface area contributed by atoms with E-state index >= 15 is 0 Å². The Kier molecular flexibility index (Phi) is 6.23. The summed E-state index contributed by atoms with van der Waals surface area (Å²) in [6.45, 7) is -0.243. The molecule has 1 aromatic heterocycles. The number of hydrogen-bond donors (Lipinski definition) is 1. The van der Waals surface area contributed by atoms with Gasteiger partial charge in [0.15, 0.2) is 5.69 Å². The van der Waals surface area contributed by atoms with Gasteiger partial charge in [0.25, 0.3) is 5.91 Å². The molecule has 0 fully saturated rings. The molecule has 0 saturated carbocycles. The van der Waals surface area contributed by atoms with Gasteiger partial charge in [-0.2, -0.15) is 13.2 Å². The van der Waals surface area contributed by atoms with Gasteiger partial charge in [-0.25, -0.2) is 0 Å². The minimum atomic E-state index is -4.58. The molecular weight excluding hydrogens is 405 g/mol. The van der Waals surface area contributed by atoms with E-state index in [1.165, 1.54) is 17.5 Å². The van der Waals surface area contributed by atoms with E-state index in [0.717, 1.165) is 34.1 Å². The molecule has 0 bridgehead atoms. The van der Waals surface area contributed by atoms with Crippen LogP contribution in [-0.4, -0.2) is 27.9 Å². The van der Waals surface area contributed by atoms with Gasteiger partial charge in [0.05, 0.1) is 5.56 Å². The highest BCUT2D eigenvalue weighted by Crippen LogP contribution is 2.32. The number of benzene rings is 2. The van der Waals surface area contributed by atoms with E-state index in [1.807, 2.05) is 30.3 Å². The highest BCUT2D eigenvalue weighted by Gasteiger charge is 2.32. The van der Waals surface area contributed by atoms with Crippen LogP contribution in [0.3, 0.4) is 0 Å². The lowest BCUT2D eigenvalue weighted by molar-refractivity contribution is -0.137. The molecule has 0 radical (unpaired) electrons. The first kappa shape index (κ1) is 20.5. The lowest BCUT2D eigenvalue weighted by Crippen LogP contribution is -2.41. The zero-order chi connectivity index (χ0) is 20.9. The second kappa shape index (κ2) is 8.82. The molecule has 0 aliphatic rings. The first-order chi connectivity index (χ1) is 13.8. The predicted octanol–water partition coefficient (Wildman–Crippen LogP) is 3.52. The summed E-state index contributed by atoms with van der Waals surface area (Å²) in [6, 6.07) is 13.3. The van der Waals surface area contributed by atoms with Gasteiger partial charge < -0.3 is 5.32 Å². The minimum absolute atomic E-state index is 0.0525. The number of nitrogens with one attached hydrogen (secondary N) is 1. The highest BCUT2D eigenvalue weighted by atomic mass is 32.1. The van der Waals surface area contributed by atoms with E-state index in [-0.39, 0.29) is 17.9 Å². The van der Waals surface area contributed by atoms with Crippen molar-refractivity contribution in [2.45, 2.75) is 12.7 Å². The Labute approximate surface area is 168 Å². The number of carbonyl (C=O) groups is 2. The van der Waals surface area contributed by atoms with Crippen LogP contribution in [-0.2, 0) is 17.5 Å². The van der Waals surface area contributed by atoms with Gasteiger partial charge >= 0.3 is 6.18 Å². The Balaban J connectivity index is 1.82. The van der Waals surface area contributed by atoms with Crippen molar-refractivity contribution in [3.8, 4) is 0 Å². The Hall–Kier alpha value is -3.27. The van der Waals surface area contributed by atoms with E-state index in [4.69, 9.17) is 0 Å². The number of hydrogen-bond acceptors (Lipinski definition) is 5. The number of amides is 2. The number of nitrogens with zero attached hydrogens (tertiary/aromatic N) is 3. The maximum atomic E-state index is 13.1. The van der Waals surface area contributed by atoms with Gasteiger partial charge in [-0.15, -0.1) is 5.10 Å².